The van der Waals surface area contributed by atoms with Gasteiger partial charge in [0, 0.05) is 55.0 Å². The summed E-state index contributed by atoms with van der Waals surface area (Å²) < 4.78 is 18.1. The lowest BCUT2D eigenvalue weighted by Crippen LogP contribution is -2.45. The van der Waals surface area contributed by atoms with Crippen LogP contribution >= 0.6 is 0 Å². The van der Waals surface area contributed by atoms with Gasteiger partial charge in [-0.25, -0.2) is 9.59 Å². The van der Waals surface area contributed by atoms with Crippen molar-refractivity contribution in [3.05, 3.63) is 131 Å². The smallest absolute Gasteiger partial charge is 0.328 e. The summed E-state index contributed by atoms with van der Waals surface area (Å²) in [5, 5.41) is 15.1. The molecule has 2 heterocycles. The normalized spacial score (nSPS) is 19.8. The van der Waals surface area contributed by atoms with Crippen LogP contribution in [0, 0.1) is 5.92 Å². The zero-order valence-corrected chi connectivity index (χ0v) is 27.6. The number of aliphatic hydroxyl groups excluding tert-OH is 1. The van der Waals surface area contributed by atoms with Gasteiger partial charge >= 0.3 is 12.0 Å². The lowest BCUT2D eigenvalue weighted by Gasteiger charge is -2.42. The third kappa shape index (κ3) is 9.48. The Morgan fingerprint density at radius 3 is 2.29 bits per heavy atom. The highest BCUT2D eigenvalue weighted by Gasteiger charge is 2.38. The van der Waals surface area contributed by atoms with Crippen molar-refractivity contribution in [3.8, 4) is 0 Å². The molecule has 0 aliphatic carbocycles. The number of anilines is 1. The van der Waals surface area contributed by atoms with E-state index in [2.05, 4.69) is 34.5 Å². The lowest BCUT2D eigenvalue weighted by molar-refractivity contribution is -0.275. The molecule has 4 aromatic rings. The van der Waals surface area contributed by atoms with E-state index in [9.17, 15) is 14.7 Å². The second-order valence-electron chi connectivity index (χ2n) is 12.1. The van der Waals surface area contributed by atoms with Gasteiger partial charge in [-0.2, -0.15) is 0 Å². The fraction of sp³-hybridized carbons (Fsp3) is 0.342. The molecule has 1 saturated heterocycles. The number of nitrogens with zero attached hydrogens (tertiary/aromatic N) is 2. The maximum atomic E-state index is 12.9. The zero-order chi connectivity index (χ0) is 33.9. The Labute approximate surface area is 282 Å². The first-order valence-electron chi connectivity index (χ1n) is 16.2. The van der Waals surface area contributed by atoms with Crippen molar-refractivity contribution < 1.29 is 28.9 Å². The van der Waals surface area contributed by atoms with Crippen molar-refractivity contribution in [3.63, 3.8) is 0 Å². The molecule has 3 aromatic carbocycles. The molecule has 0 unspecified atom stereocenters. The van der Waals surface area contributed by atoms with E-state index in [1.165, 1.54) is 7.11 Å². The highest BCUT2D eigenvalue weighted by atomic mass is 16.7. The minimum absolute atomic E-state index is 0.0223. The first kappa shape index (κ1) is 34.7. The molecule has 1 aliphatic rings. The Morgan fingerprint density at radius 2 is 1.62 bits per heavy atom. The molecule has 1 aliphatic heterocycles. The van der Waals surface area contributed by atoms with Crippen LogP contribution in [0.5, 0.6) is 0 Å². The molecule has 0 saturated carbocycles. The molecule has 10 nitrogen and oxygen atoms in total. The van der Waals surface area contributed by atoms with Gasteiger partial charge in [-0.1, -0.05) is 79.7 Å². The fourth-order valence-electron chi connectivity index (χ4n) is 5.81. The van der Waals surface area contributed by atoms with Gasteiger partial charge in [0.15, 0.2) is 6.29 Å². The van der Waals surface area contributed by atoms with E-state index in [0.717, 1.165) is 40.9 Å². The number of aliphatic hydroxyl groups is 1. The topological polar surface area (TPSA) is 122 Å². The quantitative estimate of drug-likeness (QED) is 0.163. The van der Waals surface area contributed by atoms with Gasteiger partial charge < -0.3 is 34.9 Å². The second-order valence-corrected chi connectivity index (χ2v) is 12.1. The van der Waals surface area contributed by atoms with E-state index in [-0.39, 0.29) is 24.7 Å². The van der Waals surface area contributed by atoms with Crippen LogP contribution in [-0.2, 0) is 38.5 Å². The number of esters is 1. The van der Waals surface area contributed by atoms with Crippen LogP contribution in [-0.4, -0.2) is 66.4 Å². The van der Waals surface area contributed by atoms with Gasteiger partial charge in [-0.05, 0) is 48.0 Å². The number of nitrogens with one attached hydrogen (secondary N) is 2. The third-order valence-electron chi connectivity index (χ3n) is 8.61. The van der Waals surface area contributed by atoms with Crippen molar-refractivity contribution in [1.82, 2.24) is 15.2 Å². The van der Waals surface area contributed by atoms with E-state index < -0.39 is 24.3 Å². The van der Waals surface area contributed by atoms with Crippen molar-refractivity contribution in [1.29, 1.82) is 0 Å². The zero-order valence-electron chi connectivity index (χ0n) is 27.6. The van der Waals surface area contributed by atoms with E-state index in [1.54, 1.807) is 12.1 Å². The molecular weight excluding hydrogens is 608 g/mol. The van der Waals surface area contributed by atoms with Crippen molar-refractivity contribution >= 4 is 17.7 Å². The predicted octanol–water partition coefficient (Wildman–Crippen LogP) is 5.45. The monoisotopic (exact) mass is 652 g/mol. The highest BCUT2D eigenvalue weighted by Crippen LogP contribution is 2.42. The number of benzene rings is 3. The van der Waals surface area contributed by atoms with Crippen LogP contribution in [0.3, 0.4) is 0 Å². The Morgan fingerprint density at radius 1 is 0.917 bits per heavy atom. The Balaban J connectivity index is 1.26. The van der Waals surface area contributed by atoms with Gasteiger partial charge in [-0.15, -0.1) is 0 Å². The van der Waals surface area contributed by atoms with Gasteiger partial charge in [0.05, 0.1) is 25.9 Å². The molecule has 1 fully saturated rings. The molecule has 1 aromatic heterocycles. The SMILES string of the molecule is COC(=O)[C@H](Cc1ccccc1)NC(=O)Nc1ccc([C@@H]2O[C@H](CN(C)CCc3ccccn3)[C@H](C)[C@H](c3ccc(CO)cc3)O2)cc1. The maximum absolute atomic E-state index is 12.9. The number of hydrogen-bond acceptors (Lipinski definition) is 8. The summed E-state index contributed by atoms with van der Waals surface area (Å²) in [6, 6.07) is 29.2. The van der Waals surface area contributed by atoms with Gasteiger partial charge in [0.1, 0.15) is 6.04 Å². The summed E-state index contributed by atoms with van der Waals surface area (Å²) in [4.78, 5) is 32.0. The number of amides is 2. The Bertz CT molecular complexity index is 1590. The van der Waals surface area contributed by atoms with Crippen molar-refractivity contribution in [2.24, 2.45) is 5.92 Å². The second kappa shape index (κ2) is 17.0. The molecule has 0 radical (unpaired) electrons. The van der Waals surface area contributed by atoms with Crippen LogP contribution in [0.2, 0.25) is 0 Å². The standard InChI is InChI=1S/C38H44N4O6/c1-26-34(24-42(2)22-20-31-11-7-8-21-39-31)47-37(48-35(26)29-14-12-28(25-43)13-15-29)30-16-18-32(19-17-30)40-38(45)41-33(36(44)46-3)23-27-9-5-4-6-10-27/h4-19,21,26,33-35,37,43H,20,22-25H2,1-3H3,(H2,40,41,45)/t26-,33-,34+,35+,37+/m0/s1. The lowest BCUT2D eigenvalue weighted by atomic mass is 9.90. The summed E-state index contributed by atoms with van der Waals surface area (Å²) in [6.45, 7) is 3.65. The summed E-state index contributed by atoms with van der Waals surface area (Å²) in [5.74, 6) is -0.482. The molecule has 48 heavy (non-hydrogen) atoms. The number of pyridine rings is 1. The largest absolute Gasteiger partial charge is 0.467 e. The number of urea groups is 1. The minimum Gasteiger partial charge on any atom is -0.467 e. The molecule has 0 spiro atoms. The van der Waals surface area contributed by atoms with Crippen LogP contribution in [0.1, 0.15) is 47.3 Å². The summed E-state index contributed by atoms with van der Waals surface area (Å²) in [6.07, 6.45) is 1.93. The summed E-state index contributed by atoms with van der Waals surface area (Å²) in [5.41, 5.74) is 5.16. The number of methoxy groups -OCH3 is 1. The predicted molar refractivity (Wildman–Crippen MR) is 183 cm³/mol. The number of likely N-dealkylation sites (N-methyl/N-ethyl adjacent to an activating group) is 1. The first-order valence-corrected chi connectivity index (χ1v) is 16.2. The average Bonchev–Trinajstić information content (AvgIpc) is 3.12. The highest BCUT2D eigenvalue weighted by molar-refractivity contribution is 5.92. The molecule has 5 atom stereocenters. The van der Waals surface area contributed by atoms with Gasteiger partial charge in [0.25, 0.3) is 0 Å². The molecule has 3 N–H and O–H groups in total. The van der Waals surface area contributed by atoms with Crippen LogP contribution in [0.4, 0.5) is 10.5 Å². The molecule has 10 heteroatoms. The van der Waals surface area contributed by atoms with E-state index in [4.69, 9.17) is 14.2 Å². The van der Waals surface area contributed by atoms with E-state index in [0.29, 0.717) is 18.7 Å². The minimum atomic E-state index is -0.843. The van der Waals surface area contributed by atoms with Crippen LogP contribution in [0.25, 0.3) is 0 Å². The number of rotatable bonds is 13. The van der Waals surface area contributed by atoms with Crippen LogP contribution in [0.15, 0.2) is 103 Å². The molecule has 2 amide bonds. The molecule has 5 rings (SSSR count). The van der Waals surface area contributed by atoms with Gasteiger partial charge in [-0.3, -0.25) is 4.98 Å². The molecule has 252 valence electrons. The molecular formula is C38H44N4O6. The number of ether oxygens (including phenoxy) is 3. The Kier molecular flexibility index (Phi) is 12.3. The van der Waals surface area contributed by atoms with Gasteiger partial charge in [0.2, 0.25) is 0 Å². The van der Waals surface area contributed by atoms with E-state index in [1.807, 2.05) is 91.1 Å². The number of carbonyl (C=O) groups is 2. The number of hydrogen-bond donors (Lipinski definition) is 3. The fourth-order valence-corrected chi connectivity index (χ4v) is 5.81. The Hall–Kier alpha value is -4.61. The van der Waals surface area contributed by atoms with Crippen molar-refractivity contribution in [2.75, 3.05) is 32.6 Å². The van der Waals surface area contributed by atoms with Crippen molar-refractivity contribution in [2.45, 2.75) is 50.9 Å². The first-order chi connectivity index (χ1) is 23.3. The van der Waals surface area contributed by atoms with E-state index >= 15 is 0 Å². The summed E-state index contributed by atoms with van der Waals surface area (Å²) >= 11 is 0. The van der Waals surface area contributed by atoms with Crippen LogP contribution < -0.4 is 10.6 Å². The molecule has 0 bridgehead atoms. The number of carbonyl (C=O) groups excluding carboxylic acids is 2. The average molecular weight is 653 g/mol. The maximum Gasteiger partial charge on any atom is 0.328 e. The third-order valence-corrected chi connectivity index (χ3v) is 8.61. The number of aromatic nitrogens is 1. The summed E-state index contributed by atoms with van der Waals surface area (Å²) in [7, 11) is 3.39.